The number of likely N-dealkylation sites (N-methyl/N-ethyl adjacent to an activating group) is 1. The number of aromatic nitrogens is 4. The average Bonchev–Trinajstić information content (AvgIpc) is 4.00. The smallest absolute Gasteiger partial charge is 0.407 e. The maximum absolute atomic E-state index is 13.7. The second-order valence-electron chi connectivity index (χ2n) is 17.4. The minimum atomic E-state index is -0.646. The molecule has 3 N–H and O–H groups in total. The van der Waals surface area contributed by atoms with E-state index in [1.165, 1.54) is 18.4 Å². The lowest BCUT2D eigenvalue weighted by atomic mass is 9.51. The van der Waals surface area contributed by atoms with Gasteiger partial charge in [0, 0.05) is 30.4 Å². The molecule has 5 aliphatic rings. The van der Waals surface area contributed by atoms with Crippen LogP contribution in [0.4, 0.5) is 4.79 Å². The van der Waals surface area contributed by atoms with Gasteiger partial charge >= 0.3 is 6.09 Å². The number of carbonyl (C=O) groups is 3. The Balaban J connectivity index is 1.000. The largest absolute Gasteiger partial charge is 0.453 e. The second-order valence-corrected chi connectivity index (χ2v) is 17.4. The van der Waals surface area contributed by atoms with Crippen LogP contribution in [-0.2, 0) is 25.2 Å². The van der Waals surface area contributed by atoms with Crippen molar-refractivity contribution in [3.8, 4) is 11.3 Å². The van der Waals surface area contributed by atoms with Gasteiger partial charge in [0.2, 0.25) is 11.8 Å². The molecule has 0 spiro atoms. The summed E-state index contributed by atoms with van der Waals surface area (Å²) in [4.78, 5) is 62.2. The van der Waals surface area contributed by atoms with Crippen molar-refractivity contribution in [2.75, 3.05) is 34.3 Å². The van der Waals surface area contributed by atoms with Crippen LogP contribution >= 0.6 is 0 Å². The molecular weight excluding hydrogens is 681 g/mol. The van der Waals surface area contributed by atoms with Crippen molar-refractivity contribution in [3.05, 3.63) is 59.6 Å². The van der Waals surface area contributed by atoms with Gasteiger partial charge in [-0.25, -0.2) is 14.8 Å². The highest BCUT2D eigenvalue weighted by molar-refractivity contribution is 5.86. The number of methoxy groups -OCH3 is 1. The van der Waals surface area contributed by atoms with Gasteiger partial charge in [0.05, 0.1) is 37.1 Å². The molecule has 54 heavy (non-hydrogen) atoms. The number of likely N-dealkylation sites (tertiary alicyclic amines) is 2. The van der Waals surface area contributed by atoms with Crippen LogP contribution in [0.5, 0.6) is 0 Å². The van der Waals surface area contributed by atoms with Crippen LogP contribution in [0, 0.1) is 11.8 Å². The molecule has 2 bridgehead atoms. The molecule has 3 amide bonds. The maximum atomic E-state index is 13.7. The minimum absolute atomic E-state index is 0.0199. The number of imidazole rings is 2. The number of nitrogens with zero attached hydrogens (tertiary/aromatic N) is 5. The summed E-state index contributed by atoms with van der Waals surface area (Å²) in [5.74, 6) is 2.00. The number of nitrogens with one attached hydrogen (secondary N) is 3. The van der Waals surface area contributed by atoms with E-state index in [0.29, 0.717) is 6.54 Å². The quantitative estimate of drug-likeness (QED) is 0.200. The zero-order valence-electron chi connectivity index (χ0n) is 33.3. The number of hydrogen-bond acceptors (Lipinski definition) is 7. The molecule has 5 fully saturated rings. The number of amides is 3. The first-order valence-corrected chi connectivity index (χ1v) is 20.2. The standard InChI is InChI=1S/C42H60N8O4/c1-26(2)34(47-40(53)54-7)38(51)49-22-8-11-32(49)37-44-25-33(46-37)42-19-16-41(17-20-42,18-21-42)29-14-12-28(13-15-29)30-24-43-36(45-30)31-10-9-23-50(31)39(52)35(27(3)4)48(5)6/h12-15,24-27,31-32,34-35H,8-11,16-23H2,1-7H3,(H,43,45)(H,44,46)(H,47,53)/t31-,32-,34-,35+,41?,42?/m0/s1. The summed E-state index contributed by atoms with van der Waals surface area (Å²) in [5.41, 5.74) is 4.98. The average molecular weight is 741 g/mol. The molecule has 8 rings (SSSR count). The number of fused-ring (bicyclic) bond motifs is 3. The van der Waals surface area contributed by atoms with Gasteiger partial charge in [0.1, 0.15) is 17.7 Å². The van der Waals surface area contributed by atoms with Crippen molar-refractivity contribution in [1.29, 1.82) is 0 Å². The van der Waals surface area contributed by atoms with Gasteiger partial charge in [0.25, 0.3) is 0 Å². The van der Waals surface area contributed by atoms with E-state index < -0.39 is 12.1 Å². The predicted molar refractivity (Wildman–Crippen MR) is 208 cm³/mol. The molecule has 292 valence electrons. The third kappa shape index (κ3) is 6.95. The Kier molecular flexibility index (Phi) is 10.7. The maximum Gasteiger partial charge on any atom is 0.407 e. The van der Waals surface area contributed by atoms with Crippen molar-refractivity contribution in [3.63, 3.8) is 0 Å². The van der Waals surface area contributed by atoms with Crippen LogP contribution in [0.15, 0.2) is 36.7 Å². The Labute approximate surface area is 320 Å². The van der Waals surface area contributed by atoms with Gasteiger partial charge in [-0.15, -0.1) is 0 Å². The molecule has 2 aromatic heterocycles. The monoisotopic (exact) mass is 740 g/mol. The number of hydrogen-bond donors (Lipinski definition) is 3. The minimum Gasteiger partial charge on any atom is -0.453 e. The number of carbonyl (C=O) groups excluding carboxylic acids is 3. The first kappa shape index (κ1) is 38.1. The van der Waals surface area contributed by atoms with E-state index in [-0.39, 0.29) is 52.6 Å². The lowest BCUT2D eigenvalue weighted by Gasteiger charge is -2.53. The van der Waals surface area contributed by atoms with Gasteiger partial charge in [-0.2, -0.15) is 0 Å². The Bertz CT molecular complexity index is 1780. The van der Waals surface area contributed by atoms with Crippen molar-refractivity contribution in [2.24, 2.45) is 11.8 Å². The van der Waals surface area contributed by atoms with E-state index in [1.54, 1.807) is 0 Å². The van der Waals surface area contributed by atoms with Crippen LogP contribution in [0.2, 0.25) is 0 Å². The van der Waals surface area contributed by atoms with E-state index in [9.17, 15) is 14.4 Å². The molecule has 3 aliphatic carbocycles. The number of rotatable bonds is 11. The Morgan fingerprint density at radius 1 is 0.796 bits per heavy atom. The summed E-state index contributed by atoms with van der Waals surface area (Å²) in [6.45, 7) is 9.52. The summed E-state index contributed by atoms with van der Waals surface area (Å²) in [5, 5.41) is 2.74. The molecule has 12 heteroatoms. The summed E-state index contributed by atoms with van der Waals surface area (Å²) in [6, 6.07) is 8.18. The summed E-state index contributed by atoms with van der Waals surface area (Å²) >= 11 is 0. The number of ether oxygens (including phenoxy) is 1. The van der Waals surface area contributed by atoms with E-state index in [1.807, 2.05) is 55.0 Å². The van der Waals surface area contributed by atoms with Crippen molar-refractivity contribution < 1.29 is 19.1 Å². The fraction of sp³-hybridized carbons (Fsp3) is 0.643. The highest BCUT2D eigenvalue weighted by Crippen LogP contribution is 2.58. The van der Waals surface area contributed by atoms with Crippen LogP contribution in [0.25, 0.3) is 11.3 Å². The van der Waals surface area contributed by atoms with Crippen molar-refractivity contribution >= 4 is 17.9 Å². The van der Waals surface area contributed by atoms with Crippen LogP contribution in [0.3, 0.4) is 0 Å². The fourth-order valence-electron chi connectivity index (χ4n) is 10.2. The normalized spacial score (nSPS) is 26.6. The number of H-pyrrole nitrogens is 2. The van der Waals surface area contributed by atoms with Gasteiger partial charge in [-0.1, -0.05) is 52.0 Å². The summed E-state index contributed by atoms with van der Waals surface area (Å²) in [6.07, 6.45) is 13.7. The van der Waals surface area contributed by atoms with Gasteiger partial charge in [0.15, 0.2) is 0 Å². The Morgan fingerprint density at radius 2 is 1.35 bits per heavy atom. The lowest BCUT2D eigenvalue weighted by molar-refractivity contribution is -0.138. The Morgan fingerprint density at radius 3 is 1.91 bits per heavy atom. The molecule has 2 aliphatic heterocycles. The molecule has 3 aromatic rings. The molecule has 4 atom stereocenters. The second kappa shape index (κ2) is 15.2. The lowest BCUT2D eigenvalue weighted by Crippen LogP contribution is -2.51. The molecule has 12 nitrogen and oxygen atoms in total. The molecular formula is C42H60N8O4. The van der Waals surface area contributed by atoms with Crippen molar-refractivity contribution in [1.82, 2.24) is 40.0 Å². The predicted octanol–water partition coefficient (Wildman–Crippen LogP) is 6.64. The number of benzene rings is 1. The summed E-state index contributed by atoms with van der Waals surface area (Å²) < 4.78 is 4.80. The van der Waals surface area contributed by atoms with Gasteiger partial charge in [-0.05, 0) is 107 Å². The van der Waals surface area contributed by atoms with E-state index in [4.69, 9.17) is 14.7 Å². The molecule has 2 saturated heterocycles. The topological polar surface area (TPSA) is 140 Å². The molecule has 0 unspecified atom stereocenters. The molecule has 3 saturated carbocycles. The third-order valence-corrected chi connectivity index (χ3v) is 13.4. The number of alkyl carbamates (subject to hydrolysis) is 1. The highest BCUT2D eigenvalue weighted by Gasteiger charge is 2.51. The highest BCUT2D eigenvalue weighted by atomic mass is 16.5. The zero-order valence-corrected chi connectivity index (χ0v) is 33.3. The number of aromatic amines is 2. The SMILES string of the molecule is COC(=O)N[C@H](C(=O)N1CCC[C@H]1c1ncc(C23CCC(c4ccc(-c5cnc([C@@H]6CCCN6C(=O)[C@@H](C(C)C)N(C)C)[nH]5)cc4)(CC2)CC3)[nH]1)C(C)C. The molecule has 4 heterocycles. The van der Waals surface area contributed by atoms with E-state index in [2.05, 4.69) is 53.4 Å². The third-order valence-electron chi connectivity index (χ3n) is 13.4. The first-order valence-electron chi connectivity index (χ1n) is 20.2. The van der Waals surface area contributed by atoms with Crippen LogP contribution in [0.1, 0.15) is 127 Å². The van der Waals surface area contributed by atoms with E-state index >= 15 is 0 Å². The summed E-state index contributed by atoms with van der Waals surface area (Å²) in [7, 11) is 5.29. The first-order chi connectivity index (χ1) is 25.9. The fourth-order valence-corrected chi connectivity index (χ4v) is 10.2. The van der Waals surface area contributed by atoms with E-state index in [0.717, 1.165) is 93.7 Å². The Hall–Kier alpha value is -4.19. The van der Waals surface area contributed by atoms with Crippen LogP contribution in [-0.4, -0.2) is 98.9 Å². The molecule has 0 radical (unpaired) electrons. The molecule has 1 aromatic carbocycles. The van der Waals surface area contributed by atoms with Crippen LogP contribution < -0.4 is 5.32 Å². The van der Waals surface area contributed by atoms with Crippen molar-refractivity contribution in [2.45, 2.75) is 127 Å². The van der Waals surface area contributed by atoms with Gasteiger partial charge < -0.3 is 29.8 Å². The zero-order chi connectivity index (χ0) is 38.4. The van der Waals surface area contributed by atoms with Gasteiger partial charge in [-0.3, -0.25) is 14.5 Å².